The van der Waals surface area contributed by atoms with Crippen molar-refractivity contribution in [2.45, 2.75) is 38.7 Å². The highest BCUT2D eigenvalue weighted by atomic mass is 16.6. The van der Waals surface area contributed by atoms with Crippen LogP contribution in [0.25, 0.3) is 0 Å². The third-order valence-corrected chi connectivity index (χ3v) is 6.96. The van der Waals surface area contributed by atoms with Crippen LogP contribution >= 0.6 is 0 Å². The number of carbonyl (C=O) groups excluding carboxylic acids is 1. The molecule has 3 fully saturated rings. The Balaban J connectivity index is 1.49. The lowest BCUT2D eigenvalue weighted by atomic mass is 9.66. The van der Waals surface area contributed by atoms with Crippen LogP contribution in [0.15, 0.2) is 24.3 Å². The maximum atomic E-state index is 12.9. The number of hydrogen-bond acceptors (Lipinski definition) is 5. The van der Waals surface area contributed by atoms with Gasteiger partial charge in [0.1, 0.15) is 0 Å². The SMILES string of the molecule is C[C@@]12CC[C@@H]3C[C@]1(C(=O)NNc1ccc([N+](=O)[O-])cc1)OC[C@]32C. The van der Waals surface area contributed by atoms with Gasteiger partial charge >= 0.3 is 0 Å². The molecule has 1 aromatic carbocycles. The van der Waals surface area contributed by atoms with E-state index in [1.165, 1.54) is 18.6 Å². The summed E-state index contributed by atoms with van der Waals surface area (Å²) in [6, 6.07) is 5.93. The van der Waals surface area contributed by atoms with Gasteiger partial charge in [-0.05, 0) is 37.3 Å². The molecular weight excluding hydrogens is 310 g/mol. The fourth-order valence-electron chi connectivity index (χ4n) is 5.15. The van der Waals surface area contributed by atoms with Crippen LogP contribution in [-0.4, -0.2) is 23.0 Å². The molecule has 2 aliphatic carbocycles. The van der Waals surface area contributed by atoms with Gasteiger partial charge in [-0.3, -0.25) is 25.8 Å². The summed E-state index contributed by atoms with van der Waals surface area (Å²) in [5.74, 6) is 0.399. The van der Waals surface area contributed by atoms with E-state index >= 15 is 0 Å². The second kappa shape index (κ2) is 4.69. The molecule has 4 atom stereocenters. The number of amides is 1. The van der Waals surface area contributed by atoms with Crippen molar-refractivity contribution in [2.24, 2.45) is 16.7 Å². The van der Waals surface area contributed by atoms with Crippen LogP contribution in [0, 0.1) is 26.9 Å². The average Bonchev–Trinajstić information content (AvgIpc) is 3.04. The number of nitrogens with one attached hydrogen (secondary N) is 2. The predicted octanol–water partition coefficient (Wildman–Crippen LogP) is 2.63. The summed E-state index contributed by atoms with van der Waals surface area (Å²) in [5, 5.41) is 10.7. The van der Waals surface area contributed by atoms with Crippen LogP contribution in [-0.2, 0) is 9.53 Å². The first kappa shape index (κ1) is 15.4. The van der Waals surface area contributed by atoms with E-state index in [0.717, 1.165) is 12.8 Å². The van der Waals surface area contributed by atoms with E-state index in [0.29, 0.717) is 18.2 Å². The van der Waals surface area contributed by atoms with Crippen molar-refractivity contribution < 1.29 is 14.5 Å². The topological polar surface area (TPSA) is 93.5 Å². The van der Waals surface area contributed by atoms with Gasteiger partial charge in [0.25, 0.3) is 11.6 Å². The highest BCUT2D eigenvalue weighted by molar-refractivity contribution is 5.89. The summed E-state index contributed by atoms with van der Waals surface area (Å²) in [5.41, 5.74) is 5.40. The Labute approximate surface area is 139 Å². The lowest BCUT2D eigenvalue weighted by Gasteiger charge is -2.39. The number of anilines is 1. The van der Waals surface area contributed by atoms with E-state index < -0.39 is 10.5 Å². The van der Waals surface area contributed by atoms with Crippen molar-refractivity contribution in [2.75, 3.05) is 12.0 Å². The zero-order valence-corrected chi connectivity index (χ0v) is 13.8. The van der Waals surface area contributed by atoms with Gasteiger partial charge in [0, 0.05) is 23.0 Å². The molecule has 128 valence electrons. The molecule has 2 saturated carbocycles. The predicted molar refractivity (Wildman–Crippen MR) is 87.1 cm³/mol. The van der Waals surface area contributed by atoms with E-state index in [2.05, 4.69) is 24.7 Å². The van der Waals surface area contributed by atoms with Crippen LogP contribution in [0.4, 0.5) is 11.4 Å². The van der Waals surface area contributed by atoms with Crippen LogP contribution in [0.2, 0.25) is 0 Å². The summed E-state index contributed by atoms with van der Waals surface area (Å²) in [4.78, 5) is 23.1. The molecule has 7 nitrogen and oxygen atoms in total. The number of carbonyl (C=O) groups is 1. The van der Waals surface area contributed by atoms with Crippen LogP contribution in [0.3, 0.4) is 0 Å². The smallest absolute Gasteiger partial charge is 0.271 e. The van der Waals surface area contributed by atoms with Crippen LogP contribution < -0.4 is 10.9 Å². The summed E-state index contributed by atoms with van der Waals surface area (Å²) in [6.07, 6.45) is 2.95. The molecule has 7 heteroatoms. The third-order valence-electron chi connectivity index (χ3n) is 6.96. The monoisotopic (exact) mass is 331 g/mol. The number of nitro groups is 1. The molecule has 0 unspecified atom stereocenters. The van der Waals surface area contributed by atoms with Crippen molar-refractivity contribution in [1.29, 1.82) is 0 Å². The van der Waals surface area contributed by atoms with E-state index in [1.807, 2.05) is 0 Å². The Hall–Kier alpha value is -2.15. The molecule has 4 rings (SSSR count). The Morgan fingerprint density at radius 3 is 2.62 bits per heavy atom. The average molecular weight is 331 g/mol. The quantitative estimate of drug-likeness (QED) is 0.653. The molecule has 4 bridgehead atoms. The van der Waals surface area contributed by atoms with Gasteiger partial charge < -0.3 is 4.74 Å². The van der Waals surface area contributed by atoms with Crippen molar-refractivity contribution in [3.8, 4) is 0 Å². The lowest BCUT2D eigenvalue weighted by Crippen LogP contribution is -2.56. The Morgan fingerprint density at radius 1 is 1.33 bits per heavy atom. The van der Waals surface area contributed by atoms with Gasteiger partial charge in [0.2, 0.25) is 0 Å². The van der Waals surface area contributed by atoms with Crippen molar-refractivity contribution in [1.82, 2.24) is 5.43 Å². The normalized spacial score (nSPS) is 39.0. The zero-order valence-electron chi connectivity index (χ0n) is 13.8. The van der Waals surface area contributed by atoms with Gasteiger partial charge in [0.05, 0.1) is 17.2 Å². The number of benzene rings is 1. The molecule has 0 radical (unpaired) electrons. The Kier molecular flexibility index (Phi) is 3.01. The van der Waals surface area contributed by atoms with Crippen LogP contribution in [0.1, 0.15) is 33.1 Å². The maximum Gasteiger partial charge on any atom is 0.271 e. The second-order valence-electron chi connectivity index (χ2n) is 7.69. The molecule has 24 heavy (non-hydrogen) atoms. The van der Waals surface area contributed by atoms with Gasteiger partial charge in [-0.15, -0.1) is 0 Å². The van der Waals surface area contributed by atoms with E-state index in [9.17, 15) is 14.9 Å². The van der Waals surface area contributed by atoms with Gasteiger partial charge in [0.15, 0.2) is 5.60 Å². The molecular formula is C17H21N3O4. The number of nitrogens with zero attached hydrogens (tertiary/aromatic N) is 1. The molecule has 0 spiro atoms. The molecule has 1 saturated heterocycles. The Bertz CT molecular complexity index is 721. The number of hydrogen-bond donors (Lipinski definition) is 2. The minimum Gasteiger partial charge on any atom is -0.364 e. The number of non-ortho nitro benzene ring substituents is 1. The highest BCUT2D eigenvalue weighted by Gasteiger charge is 2.78. The summed E-state index contributed by atoms with van der Waals surface area (Å²) >= 11 is 0. The summed E-state index contributed by atoms with van der Waals surface area (Å²) in [7, 11) is 0. The first-order chi connectivity index (χ1) is 11.3. The number of hydrazine groups is 1. The first-order valence-corrected chi connectivity index (χ1v) is 8.27. The molecule has 1 aromatic rings. The fraction of sp³-hybridized carbons (Fsp3) is 0.588. The van der Waals surface area contributed by atoms with Gasteiger partial charge in [-0.25, -0.2) is 0 Å². The molecule has 0 aromatic heterocycles. The zero-order chi connectivity index (χ0) is 17.2. The van der Waals surface area contributed by atoms with Crippen LogP contribution in [0.5, 0.6) is 0 Å². The number of rotatable bonds is 4. The molecule has 1 heterocycles. The third kappa shape index (κ3) is 1.68. The van der Waals surface area contributed by atoms with E-state index in [4.69, 9.17) is 4.74 Å². The Morgan fingerprint density at radius 2 is 2.04 bits per heavy atom. The first-order valence-electron chi connectivity index (χ1n) is 8.27. The fourth-order valence-corrected chi connectivity index (χ4v) is 5.15. The lowest BCUT2D eigenvalue weighted by molar-refractivity contribution is -0.384. The van der Waals surface area contributed by atoms with Crippen molar-refractivity contribution >= 4 is 17.3 Å². The van der Waals surface area contributed by atoms with Crippen molar-refractivity contribution in [3.05, 3.63) is 34.4 Å². The standard InChI is InChI=1S/C17H21N3O4/c1-15-10-24-17(9-11(15)7-8-16(15,17)2)14(21)19-18-12-3-5-13(6-4-12)20(22)23/h3-6,11,18H,7-10H2,1-2H3,(H,19,21)/t11-,15-,16+,17-/m1/s1. The molecule has 1 amide bonds. The van der Waals surface area contributed by atoms with E-state index in [-0.39, 0.29) is 22.4 Å². The molecule has 3 aliphatic rings. The minimum atomic E-state index is -0.765. The second-order valence-corrected chi connectivity index (χ2v) is 7.69. The summed E-state index contributed by atoms with van der Waals surface area (Å²) < 4.78 is 6.04. The number of ether oxygens (including phenoxy) is 1. The molecule has 2 N–H and O–H groups in total. The van der Waals surface area contributed by atoms with Crippen molar-refractivity contribution in [3.63, 3.8) is 0 Å². The minimum absolute atomic E-state index is 0.0148. The van der Waals surface area contributed by atoms with Gasteiger partial charge in [-0.2, -0.15) is 0 Å². The molecule has 1 aliphatic heterocycles. The summed E-state index contributed by atoms with van der Waals surface area (Å²) in [6.45, 7) is 5.06. The van der Waals surface area contributed by atoms with Gasteiger partial charge in [-0.1, -0.05) is 13.8 Å². The maximum absolute atomic E-state index is 12.9. The highest BCUT2D eigenvalue weighted by Crippen LogP contribution is 2.74. The largest absolute Gasteiger partial charge is 0.364 e. The number of nitro benzene ring substituents is 1. The van der Waals surface area contributed by atoms with E-state index in [1.54, 1.807) is 12.1 Å².